The highest BCUT2D eigenvalue weighted by Crippen LogP contribution is 2.32. The summed E-state index contributed by atoms with van der Waals surface area (Å²) in [5, 5.41) is 4.47. The second-order valence-electron chi connectivity index (χ2n) is 5.08. The van der Waals surface area contributed by atoms with Crippen LogP contribution in [0.15, 0.2) is 51.4 Å². The van der Waals surface area contributed by atoms with Crippen LogP contribution in [-0.4, -0.2) is 0 Å². The number of rotatable bonds is 3. The van der Waals surface area contributed by atoms with Gasteiger partial charge in [-0.3, -0.25) is 0 Å². The molecule has 0 aliphatic rings. The van der Waals surface area contributed by atoms with Gasteiger partial charge in [0, 0.05) is 21.1 Å². The number of benzene rings is 2. The van der Waals surface area contributed by atoms with E-state index in [2.05, 4.69) is 34.2 Å². The molecular weight excluding hydrogens is 333 g/mol. The van der Waals surface area contributed by atoms with Crippen molar-refractivity contribution in [1.82, 2.24) is 0 Å². The minimum absolute atomic E-state index is 0.0147. The van der Waals surface area contributed by atoms with Crippen LogP contribution in [0.4, 0.5) is 10.1 Å². The molecule has 1 N–H and O–H groups in total. The Hall–Kier alpha value is -1.81. The first-order chi connectivity index (χ1) is 10.1. The molecule has 2 nitrogen and oxygen atoms in total. The Morgan fingerprint density at radius 2 is 1.95 bits per heavy atom. The lowest BCUT2D eigenvalue weighted by molar-refractivity contribution is 0.522. The summed E-state index contributed by atoms with van der Waals surface area (Å²) in [5.41, 5.74) is 2.85. The summed E-state index contributed by atoms with van der Waals surface area (Å²) >= 11 is 3.37. The number of fused-ring (bicyclic) bond motifs is 1. The monoisotopic (exact) mass is 347 g/mol. The third-order valence-electron chi connectivity index (χ3n) is 3.58. The lowest BCUT2D eigenvalue weighted by Gasteiger charge is -2.15. The average molecular weight is 348 g/mol. The maximum atomic E-state index is 13.1. The second kappa shape index (κ2) is 5.53. The van der Waals surface area contributed by atoms with E-state index in [0.29, 0.717) is 4.47 Å². The highest BCUT2D eigenvalue weighted by Gasteiger charge is 2.17. The number of hydrogen-bond donors (Lipinski definition) is 1. The van der Waals surface area contributed by atoms with Crippen LogP contribution in [0.3, 0.4) is 0 Å². The van der Waals surface area contributed by atoms with E-state index in [-0.39, 0.29) is 11.9 Å². The van der Waals surface area contributed by atoms with Gasteiger partial charge in [-0.25, -0.2) is 4.39 Å². The van der Waals surface area contributed by atoms with Crippen molar-refractivity contribution < 1.29 is 8.81 Å². The largest absolute Gasteiger partial charge is 0.459 e. The molecule has 0 amide bonds. The maximum Gasteiger partial charge on any atom is 0.134 e. The SMILES string of the molecule is Cc1c(C(C)Nc2ccc(F)cc2Br)oc2ccccc12. The molecule has 0 saturated carbocycles. The van der Waals surface area contributed by atoms with Gasteiger partial charge in [0.25, 0.3) is 0 Å². The molecule has 3 aromatic rings. The van der Waals surface area contributed by atoms with Gasteiger partial charge in [-0.05, 0) is 54.0 Å². The van der Waals surface area contributed by atoms with Crippen molar-refractivity contribution in [3.63, 3.8) is 0 Å². The van der Waals surface area contributed by atoms with Gasteiger partial charge in [0.15, 0.2) is 0 Å². The molecule has 0 radical (unpaired) electrons. The predicted molar refractivity (Wildman–Crippen MR) is 87.1 cm³/mol. The van der Waals surface area contributed by atoms with Gasteiger partial charge in [0.05, 0.1) is 6.04 Å². The fourth-order valence-electron chi connectivity index (χ4n) is 2.51. The molecule has 1 aromatic heterocycles. The summed E-state index contributed by atoms with van der Waals surface area (Å²) < 4.78 is 19.8. The maximum absolute atomic E-state index is 13.1. The Morgan fingerprint density at radius 3 is 2.67 bits per heavy atom. The van der Waals surface area contributed by atoms with Crippen molar-refractivity contribution in [2.24, 2.45) is 0 Å². The highest BCUT2D eigenvalue weighted by molar-refractivity contribution is 9.10. The summed E-state index contributed by atoms with van der Waals surface area (Å²) in [6.07, 6.45) is 0. The first-order valence-corrected chi connectivity index (χ1v) is 7.55. The van der Waals surface area contributed by atoms with Gasteiger partial charge < -0.3 is 9.73 Å². The lowest BCUT2D eigenvalue weighted by Crippen LogP contribution is -2.07. The number of aryl methyl sites for hydroxylation is 1. The van der Waals surface area contributed by atoms with E-state index in [0.717, 1.165) is 28.0 Å². The standard InChI is InChI=1S/C17H15BrFNO/c1-10-13-5-3-4-6-16(13)21-17(10)11(2)20-15-8-7-12(19)9-14(15)18/h3-9,11,20H,1-2H3. The molecule has 2 aromatic carbocycles. The Balaban J connectivity index is 1.93. The number of nitrogens with one attached hydrogen (secondary N) is 1. The summed E-state index contributed by atoms with van der Waals surface area (Å²) in [5.74, 6) is 0.632. The number of halogens is 2. The molecule has 1 unspecified atom stereocenters. The molecule has 0 spiro atoms. The molecule has 0 fully saturated rings. The highest BCUT2D eigenvalue weighted by atomic mass is 79.9. The number of anilines is 1. The first kappa shape index (κ1) is 14.1. The van der Waals surface area contributed by atoms with Gasteiger partial charge in [0.2, 0.25) is 0 Å². The zero-order chi connectivity index (χ0) is 15.0. The van der Waals surface area contributed by atoms with Gasteiger partial charge in [0.1, 0.15) is 17.2 Å². The molecule has 1 heterocycles. The topological polar surface area (TPSA) is 25.2 Å². The van der Waals surface area contributed by atoms with Crippen LogP contribution < -0.4 is 5.32 Å². The van der Waals surface area contributed by atoms with E-state index in [1.165, 1.54) is 12.1 Å². The average Bonchev–Trinajstić information content (AvgIpc) is 2.80. The molecule has 21 heavy (non-hydrogen) atoms. The van der Waals surface area contributed by atoms with Gasteiger partial charge >= 0.3 is 0 Å². The van der Waals surface area contributed by atoms with E-state index in [4.69, 9.17) is 4.42 Å². The van der Waals surface area contributed by atoms with E-state index >= 15 is 0 Å². The fraction of sp³-hybridized carbons (Fsp3) is 0.176. The molecule has 108 valence electrons. The van der Waals surface area contributed by atoms with Crippen LogP contribution in [0.5, 0.6) is 0 Å². The second-order valence-corrected chi connectivity index (χ2v) is 5.93. The van der Waals surface area contributed by atoms with Crippen LogP contribution in [0.25, 0.3) is 11.0 Å². The summed E-state index contributed by atoms with van der Waals surface area (Å²) in [6.45, 7) is 4.08. The molecule has 0 aliphatic carbocycles. The van der Waals surface area contributed by atoms with Gasteiger partial charge in [-0.15, -0.1) is 0 Å². The normalized spacial score (nSPS) is 12.6. The van der Waals surface area contributed by atoms with Crippen LogP contribution in [0.2, 0.25) is 0 Å². The quantitative estimate of drug-likeness (QED) is 0.646. The number of para-hydroxylation sites is 1. The van der Waals surface area contributed by atoms with Crippen molar-refractivity contribution in [1.29, 1.82) is 0 Å². The number of furan rings is 1. The van der Waals surface area contributed by atoms with Crippen molar-refractivity contribution >= 4 is 32.6 Å². The summed E-state index contributed by atoms with van der Waals surface area (Å²) in [4.78, 5) is 0. The van der Waals surface area contributed by atoms with Crippen molar-refractivity contribution in [2.75, 3.05) is 5.32 Å². The summed E-state index contributed by atoms with van der Waals surface area (Å²) in [6, 6.07) is 12.6. The van der Waals surface area contributed by atoms with E-state index in [1.54, 1.807) is 6.07 Å². The predicted octanol–water partition coefficient (Wildman–Crippen LogP) is 5.82. The first-order valence-electron chi connectivity index (χ1n) is 6.76. The Morgan fingerprint density at radius 1 is 1.19 bits per heavy atom. The number of hydrogen-bond acceptors (Lipinski definition) is 2. The molecular formula is C17H15BrFNO. The minimum atomic E-state index is -0.264. The Bertz CT molecular complexity index is 797. The van der Waals surface area contributed by atoms with Crippen LogP contribution >= 0.6 is 15.9 Å². The zero-order valence-electron chi connectivity index (χ0n) is 11.8. The van der Waals surface area contributed by atoms with Crippen molar-refractivity contribution in [3.05, 3.63) is 64.1 Å². The lowest BCUT2D eigenvalue weighted by atomic mass is 10.1. The van der Waals surface area contributed by atoms with E-state index in [9.17, 15) is 4.39 Å². The third-order valence-corrected chi connectivity index (χ3v) is 4.23. The fourth-order valence-corrected chi connectivity index (χ4v) is 2.98. The van der Waals surface area contributed by atoms with Crippen LogP contribution in [0, 0.1) is 12.7 Å². The molecule has 0 bridgehead atoms. The van der Waals surface area contributed by atoms with Gasteiger partial charge in [-0.2, -0.15) is 0 Å². The minimum Gasteiger partial charge on any atom is -0.459 e. The summed E-state index contributed by atoms with van der Waals surface area (Å²) in [7, 11) is 0. The van der Waals surface area contributed by atoms with E-state index in [1.807, 2.05) is 25.1 Å². The van der Waals surface area contributed by atoms with Crippen molar-refractivity contribution in [2.45, 2.75) is 19.9 Å². The molecule has 3 rings (SSSR count). The Labute approximate surface area is 131 Å². The van der Waals surface area contributed by atoms with Crippen LogP contribution in [0.1, 0.15) is 24.3 Å². The Kier molecular flexibility index (Phi) is 3.72. The molecule has 0 aliphatic heterocycles. The van der Waals surface area contributed by atoms with Gasteiger partial charge in [-0.1, -0.05) is 18.2 Å². The molecule has 0 saturated heterocycles. The molecule has 4 heteroatoms. The van der Waals surface area contributed by atoms with E-state index < -0.39 is 0 Å². The van der Waals surface area contributed by atoms with Crippen LogP contribution in [-0.2, 0) is 0 Å². The molecule has 1 atom stereocenters. The van der Waals surface area contributed by atoms with Crippen molar-refractivity contribution in [3.8, 4) is 0 Å². The smallest absolute Gasteiger partial charge is 0.134 e. The third kappa shape index (κ3) is 2.68. The zero-order valence-corrected chi connectivity index (χ0v) is 13.4.